The van der Waals surface area contributed by atoms with Crippen LogP contribution in [0.3, 0.4) is 0 Å². The Morgan fingerprint density at radius 1 is 1.07 bits per heavy atom. The summed E-state index contributed by atoms with van der Waals surface area (Å²) in [6.45, 7) is 6.13. The largest absolute Gasteiger partial charge is 0.330 e. The third kappa shape index (κ3) is 2.82. The van der Waals surface area contributed by atoms with Crippen LogP contribution in [-0.2, 0) is 0 Å². The third-order valence-electron chi connectivity index (χ3n) is 5.63. The highest BCUT2D eigenvalue weighted by Crippen LogP contribution is 2.37. The van der Waals surface area contributed by atoms with Gasteiger partial charge < -0.3 is 10.2 Å². The molecule has 0 fully saturated rings. The van der Waals surface area contributed by atoms with Crippen LogP contribution in [0.1, 0.15) is 42.7 Å². The van der Waals surface area contributed by atoms with Crippen LogP contribution in [0.25, 0.3) is 16.9 Å². The molecule has 1 amide bonds. The number of nitrogens with zero attached hydrogens (tertiary/aromatic N) is 5. The van der Waals surface area contributed by atoms with Gasteiger partial charge in [-0.25, -0.2) is 15.0 Å². The maximum absolute atomic E-state index is 12.8. The van der Waals surface area contributed by atoms with E-state index < -0.39 is 5.66 Å². The van der Waals surface area contributed by atoms with E-state index in [9.17, 15) is 4.79 Å². The van der Waals surface area contributed by atoms with Crippen LogP contribution in [0.5, 0.6) is 0 Å². The third-order valence-corrected chi connectivity index (χ3v) is 5.63. The number of nitrogens with one attached hydrogen (secondary N) is 1. The molecule has 1 aromatic carbocycles. The Morgan fingerprint density at radius 3 is 2.67 bits per heavy atom. The van der Waals surface area contributed by atoms with Gasteiger partial charge >= 0.3 is 0 Å². The molecule has 0 aliphatic carbocycles. The standard InChI is InChI=1S/C23H22N6O/c1-15(16-7-5-4-6-8-16)29-21-17(22(30)27-23(29,2)3)9-10-20(26-21)28-12-11-18-19(28)13-24-14-25-18/h4-15H,1-3H3,(H,27,30)/t15-/m1/s1. The average Bonchev–Trinajstić information content (AvgIpc) is 3.17. The molecule has 0 saturated carbocycles. The second-order valence-electron chi connectivity index (χ2n) is 7.99. The molecule has 1 N–H and O–H groups in total. The predicted octanol–water partition coefficient (Wildman–Crippen LogP) is 3.86. The zero-order valence-corrected chi connectivity index (χ0v) is 17.1. The van der Waals surface area contributed by atoms with Crippen LogP contribution in [0.15, 0.2) is 67.3 Å². The van der Waals surface area contributed by atoms with Crippen molar-refractivity contribution in [2.75, 3.05) is 4.90 Å². The molecule has 4 aromatic rings. The van der Waals surface area contributed by atoms with Gasteiger partial charge in [-0.15, -0.1) is 0 Å². The number of hydrogen-bond acceptors (Lipinski definition) is 5. The van der Waals surface area contributed by atoms with Gasteiger partial charge in [-0.3, -0.25) is 9.36 Å². The molecule has 7 nitrogen and oxygen atoms in total. The Morgan fingerprint density at radius 2 is 1.87 bits per heavy atom. The number of aromatic nitrogens is 4. The quantitative estimate of drug-likeness (QED) is 0.567. The molecule has 4 heterocycles. The van der Waals surface area contributed by atoms with Crippen molar-refractivity contribution in [3.8, 4) is 5.82 Å². The lowest BCUT2D eigenvalue weighted by molar-refractivity contribution is 0.0892. The van der Waals surface area contributed by atoms with E-state index in [4.69, 9.17) is 4.98 Å². The molecule has 3 aromatic heterocycles. The monoisotopic (exact) mass is 398 g/mol. The first-order chi connectivity index (χ1) is 14.5. The molecule has 0 radical (unpaired) electrons. The van der Waals surface area contributed by atoms with Gasteiger partial charge in [0.25, 0.3) is 5.91 Å². The average molecular weight is 398 g/mol. The first-order valence-electron chi connectivity index (χ1n) is 9.91. The lowest BCUT2D eigenvalue weighted by Crippen LogP contribution is -2.61. The highest BCUT2D eigenvalue weighted by molar-refractivity contribution is 6.01. The number of hydrogen-bond donors (Lipinski definition) is 1. The van der Waals surface area contributed by atoms with Crippen molar-refractivity contribution < 1.29 is 4.79 Å². The van der Waals surface area contributed by atoms with Crippen molar-refractivity contribution in [1.29, 1.82) is 0 Å². The van der Waals surface area contributed by atoms with Crippen LogP contribution >= 0.6 is 0 Å². The number of rotatable bonds is 3. The van der Waals surface area contributed by atoms with Crippen molar-refractivity contribution in [2.45, 2.75) is 32.5 Å². The molecule has 0 unspecified atom stereocenters. The van der Waals surface area contributed by atoms with Gasteiger partial charge in [0.15, 0.2) is 0 Å². The number of carbonyl (C=O) groups excluding carboxylic acids is 1. The Labute approximate surface area is 174 Å². The van der Waals surface area contributed by atoms with E-state index in [0.717, 1.165) is 16.6 Å². The smallest absolute Gasteiger partial charge is 0.256 e. The number of benzene rings is 1. The van der Waals surface area contributed by atoms with Gasteiger partial charge in [-0.1, -0.05) is 30.3 Å². The number of fused-ring (bicyclic) bond motifs is 2. The zero-order chi connectivity index (χ0) is 20.9. The fraction of sp³-hybridized carbons (Fsp3) is 0.217. The van der Waals surface area contributed by atoms with Gasteiger partial charge in [0, 0.05) is 6.20 Å². The van der Waals surface area contributed by atoms with Crippen molar-refractivity contribution in [3.63, 3.8) is 0 Å². The Bertz CT molecular complexity index is 1250. The van der Waals surface area contributed by atoms with E-state index in [2.05, 4.69) is 39.2 Å². The van der Waals surface area contributed by atoms with Crippen LogP contribution in [0.4, 0.5) is 5.82 Å². The molecule has 1 aliphatic heterocycles. The Kier molecular flexibility index (Phi) is 4.06. The lowest BCUT2D eigenvalue weighted by atomic mass is 9.98. The summed E-state index contributed by atoms with van der Waals surface area (Å²) in [5, 5.41) is 3.12. The minimum absolute atomic E-state index is 0.00744. The molecular weight excluding hydrogens is 376 g/mol. The van der Waals surface area contributed by atoms with Crippen molar-refractivity contribution in [3.05, 3.63) is 78.4 Å². The minimum atomic E-state index is -0.604. The molecule has 0 saturated heterocycles. The molecule has 5 rings (SSSR count). The topological polar surface area (TPSA) is 75.9 Å². The van der Waals surface area contributed by atoms with E-state index >= 15 is 0 Å². The molecule has 1 atom stereocenters. The highest BCUT2D eigenvalue weighted by atomic mass is 16.2. The predicted molar refractivity (Wildman–Crippen MR) is 116 cm³/mol. The van der Waals surface area contributed by atoms with Gasteiger partial charge in [0.1, 0.15) is 23.6 Å². The van der Waals surface area contributed by atoms with Gasteiger partial charge in [-0.2, -0.15) is 0 Å². The first-order valence-corrected chi connectivity index (χ1v) is 9.91. The second kappa shape index (κ2) is 6.66. The Hall–Kier alpha value is -3.74. The molecule has 1 aliphatic rings. The molecular formula is C23H22N6O. The van der Waals surface area contributed by atoms with Crippen molar-refractivity contribution >= 4 is 22.8 Å². The number of amides is 1. The van der Waals surface area contributed by atoms with E-state index in [0.29, 0.717) is 17.2 Å². The molecule has 0 bridgehead atoms. The summed E-state index contributed by atoms with van der Waals surface area (Å²) in [5.74, 6) is 1.26. The van der Waals surface area contributed by atoms with Gasteiger partial charge in [-0.05, 0) is 44.5 Å². The van der Waals surface area contributed by atoms with E-state index in [-0.39, 0.29) is 11.9 Å². The van der Waals surface area contributed by atoms with Crippen LogP contribution in [0.2, 0.25) is 0 Å². The summed E-state index contributed by atoms with van der Waals surface area (Å²) in [5.41, 5.74) is 2.82. The van der Waals surface area contributed by atoms with E-state index in [1.54, 1.807) is 6.20 Å². The second-order valence-corrected chi connectivity index (χ2v) is 7.99. The summed E-state index contributed by atoms with van der Waals surface area (Å²) < 4.78 is 1.94. The fourth-order valence-corrected chi connectivity index (χ4v) is 4.22. The number of anilines is 1. The minimum Gasteiger partial charge on any atom is -0.330 e. The van der Waals surface area contributed by atoms with Gasteiger partial charge in [0.2, 0.25) is 0 Å². The summed E-state index contributed by atoms with van der Waals surface area (Å²) in [7, 11) is 0. The summed E-state index contributed by atoms with van der Waals surface area (Å²) in [4.78, 5) is 28.4. The van der Waals surface area contributed by atoms with Gasteiger partial charge in [0.05, 0.1) is 28.8 Å². The maximum atomic E-state index is 12.8. The molecule has 0 spiro atoms. The SMILES string of the molecule is C[C@H](c1ccccc1)N1c2nc(-n3ccc4ncncc43)ccc2C(=O)NC1(C)C. The maximum Gasteiger partial charge on any atom is 0.256 e. The summed E-state index contributed by atoms with van der Waals surface area (Å²) in [6, 6.07) is 15.9. The zero-order valence-electron chi connectivity index (χ0n) is 17.1. The summed E-state index contributed by atoms with van der Waals surface area (Å²) >= 11 is 0. The highest BCUT2D eigenvalue weighted by Gasteiger charge is 2.40. The first kappa shape index (κ1) is 18.3. The number of pyridine rings is 1. The van der Waals surface area contributed by atoms with Crippen LogP contribution < -0.4 is 10.2 Å². The van der Waals surface area contributed by atoms with Crippen molar-refractivity contribution in [1.82, 2.24) is 24.8 Å². The van der Waals surface area contributed by atoms with Crippen LogP contribution in [0, 0.1) is 0 Å². The van der Waals surface area contributed by atoms with E-state index in [1.165, 1.54) is 6.33 Å². The normalized spacial score (nSPS) is 16.2. The fourth-order valence-electron chi connectivity index (χ4n) is 4.22. The summed E-state index contributed by atoms with van der Waals surface area (Å²) in [6.07, 6.45) is 5.22. The molecule has 7 heteroatoms. The van der Waals surface area contributed by atoms with Crippen LogP contribution in [-0.4, -0.2) is 31.1 Å². The van der Waals surface area contributed by atoms with Crippen molar-refractivity contribution in [2.24, 2.45) is 0 Å². The number of carbonyl (C=O) groups is 1. The molecule has 30 heavy (non-hydrogen) atoms. The Balaban J connectivity index is 1.68. The van der Waals surface area contributed by atoms with E-state index in [1.807, 2.05) is 61.0 Å². The lowest BCUT2D eigenvalue weighted by Gasteiger charge is -2.47. The molecule has 150 valence electrons.